The van der Waals surface area contributed by atoms with Crippen LogP contribution in [0.1, 0.15) is 18.9 Å². The first-order chi connectivity index (χ1) is 8.58. The number of hydrogen-bond donors (Lipinski definition) is 3. The highest BCUT2D eigenvalue weighted by Crippen LogP contribution is 2.10. The number of hydrogen-bond acceptors (Lipinski definition) is 2. The zero-order valence-corrected chi connectivity index (χ0v) is 11.1. The monoisotopic (exact) mass is 263 g/mol. The summed E-state index contributed by atoms with van der Waals surface area (Å²) in [6, 6.07) is 7.75. The van der Waals surface area contributed by atoms with E-state index in [0.29, 0.717) is 6.54 Å². The lowest BCUT2D eigenvalue weighted by atomic mass is 10.2. The smallest absolute Gasteiger partial charge is 0.216 e. The molecule has 0 aliphatic rings. The highest BCUT2D eigenvalue weighted by atomic mass is 32.1. The molecule has 1 aromatic carbocycles. The van der Waals surface area contributed by atoms with Crippen LogP contribution in [0.3, 0.4) is 0 Å². The Balaban J connectivity index is 2.40. The maximum absolute atomic E-state index is 10.6. The van der Waals surface area contributed by atoms with Crippen LogP contribution in [-0.4, -0.2) is 17.6 Å². The van der Waals surface area contributed by atoms with Crippen molar-refractivity contribution < 1.29 is 4.79 Å². The number of amides is 1. The van der Waals surface area contributed by atoms with E-state index in [1.807, 2.05) is 36.4 Å². The summed E-state index contributed by atoms with van der Waals surface area (Å²) in [5, 5.41) is 5.85. The molecule has 0 fully saturated rings. The molecular formula is C13H17N3OS. The van der Waals surface area contributed by atoms with Gasteiger partial charge in [-0.15, -0.1) is 0 Å². The minimum absolute atomic E-state index is 0.00317. The summed E-state index contributed by atoms with van der Waals surface area (Å²) < 4.78 is 0. The zero-order valence-electron chi connectivity index (χ0n) is 10.3. The van der Waals surface area contributed by atoms with E-state index in [1.54, 1.807) is 0 Å². The Kier molecular flexibility index (Phi) is 5.87. The van der Waals surface area contributed by atoms with E-state index in [-0.39, 0.29) is 11.0 Å². The van der Waals surface area contributed by atoms with Crippen molar-refractivity contribution in [2.75, 3.05) is 11.9 Å². The molecule has 0 heterocycles. The van der Waals surface area contributed by atoms with Crippen LogP contribution in [0, 0.1) is 0 Å². The van der Waals surface area contributed by atoms with Crippen molar-refractivity contribution in [2.45, 2.75) is 13.3 Å². The fourth-order valence-electron chi connectivity index (χ4n) is 1.37. The van der Waals surface area contributed by atoms with Crippen LogP contribution in [0.5, 0.6) is 0 Å². The van der Waals surface area contributed by atoms with Crippen LogP contribution in [-0.2, 0) is 4.79 Å². The van der Waals surface area contributed by atoms with Crippen molar-refractivity contribution in [2.24, 2.45) is 5.73 Å². The van der Waals surface area contributed by atoms with Crippen LogP contribution < -0.4 is 16.4 Å². The topological polar surface area (TPSA) is 67.2 Å². The molecule has 0 atom stereocenters. The molecule has 4 N–H and O–H groups in total. The largest absolute Gasteiger partial charge is 0.376 e. The third-order valence-electron chi connectivity index (χ3n) is 2.17. The van der Waals surface area contributed by atoms with Crippen LogP contribution in [0.25, 0.3) is 6.08 Å². The SMILES string of the molecule is CC(=O)NCCC=Cc1ccc(NC(N)=S)cc1. The van der Waals surface area contributed by atoms with E-state index in [0.717, 1.165) is 17.7 Å². The van der Waals surface area contributed by atoms with Crippen molar-refractivity contribution >= 4 is 35.0 Å². The second kappa shape index (κ2) is 7.45. The number of rotatable bonds is 5. The molecule has 1 rings (SSSR count). The lowest BCUT2D eigenvalue weighted by Gasteiger charge is -2.03. The molecule has 0 radical (unpaired) electrons. The standard InChI is InChI=1S/C13H17N3OS/c1-10(17)15-9-3-2-4-11-5-7-12(8-6-11)16-13(14)18/h2,4-8H,3,9H2,1H3,(H,15,17)(H3,14,16,18). The van der Waals surface area contributed by atoms with E-state index in [2.05, 4.69) is 10.6 Å². The summed E-state index contributed by atoms with van der Waals surface area (Å²) >= 11 is 4.75. The number of nitrogens with one attached hydrogen (secondary N) is 2. The molecule has 96 valence electrons. The molecule has 0 saturated carbocycles. The second-order valence-electron chi connectivity index (χ2n) is 3.79. The summed E-state index contributed by atoms with van der Waals surface area (Å²) in [4.78, 5) is 10.6. The van der Waals surface area contributed by atoms with Gasteiger partial charge in [0.05, 0.1) is 0 Å². The highest BCUT2D eigenvalue weighted by Gasteiger charge is 1.92. The number of anilines is 1. The Labute approximate surface area is 112 Å². The fraction of sp³-hybridized carbons (Fsp3) is 0.231. The third kappa shape index (κ3) is 6.00. The first-order valence-corrected chi connectivity index (χ1v) is 6.06. The van der Waals surface area contributed by atoms with Crippen molar-refractivity contribution in [3.8, 4) is 0 Å². The van der Waals surface area contributed by atoms with Crippen LogP contribution in [0.2, 0.25) is 0 Å². The molecule has 1 amide bonds. The van der Waals surface area contributed by atoms with Crippen molar-refractivity contribution in [1.29, 1.82) is 0 Å². The minimum Gasteiger partial charge on any atom is -0.376 e. The maximum atomic E-state index is 10.6. The molecule has 5 heteroatoms. The average Bonchev–Trinajstić information content (AvgIpc) is 2.30. The van der Waals surface area contributed by atoms with Crippen molar-refractivity contribution in [3.63, 3.8) is 0 Å². The van der Waals surface area contributed by atoms with Gasteiger partial charge in [-0.2, -0.15) is 0 Å². The van der Waals surface area contributed by atoms with Crippen LogP contribution >= 0.6 is 12.2 Å². The Morgan fingerprint density at radius 3 is 2.61 bits per heavy atom. The molecular weight excluding hydrogens is 246 g/mol. The number of carbonyl (C=O) groups excluding carboxylic acids is 1. The normalized spacial score (nSPS) is 10.3. The number of benzene rings is 1. The van der Waals surface area contributed by atoms with Gasteiger partial charge in [-0.1, -0.05) is 24.3 Å². The molecule has 0 saturated heterocycles. The van der Waals surface area contributed by atoms with Gasteiger partial charge in [0.1, 0.15) is 0 Å². The first kappa shape index (κ1) is 14.2. The van der Waals surface area contributed by atoms with E-state index in [1.165, 1.54) is 6.92 Å². The van der Waals surface area contributed by atoms with Gasteiger partial charge in [0.15, 0.2) is 5.11 Å². The quantitative estimate of drug-likeness (QED) is 0.560. The molecule has 0 spiro atoms. The third-order valence-corrected chi connectivity index (χ3v) is 2.28. The van der Waals surface area contributed by atoms with Gasteiger partial charge in [-0.3, -0.25) is 4.79 Å². The Bertz CT molecular complexity index is 440. The molecule has 0 aromatic heterocycles. The predicted molar refractivity (Wildman–Crippen MR) is 79.2 cm³/mol. The van der Waals surface area contributed by atoms with Gasteiger partial charge in [-0.05, 0) is 36.3 Å². The number of nitrogens with two attached hydrogens (primary N) is 1. The first-order valence-electron chi connectivity index (χ1n) is 5.65. The minimum atomic E-state index is -0.00317. The van der Waals surface area contributed by atoms with Gasteiger partial charge in [0.25, 0.3) is 0 Å². The molecule has 0 aliphatic heterocycles. The van der Waals surface area contributed by atoms with E-state index >= 15 is 0 Å². The molecule has 0 bridgehead atoms. The Hall–Kier alpha value is -1.88. The molecule has 0 aliphatic carbocycles. The molecule has 0 unspecified atom stereocenters. The summed E-state index contributed by atoms with van der Waals surface area (Å²) in [6.45, 7) is 2.17. The highest BCUT2D eigenvalue weighted by molar-refractivity contribution is 7.80. The number of carbonyl (C=O) groups is 1. The van der Waals surface area contributed by atoms with E-state index in [4.69, 9.17) is 18.0 Å². The Morgan fingerprint density at radius 2 is 2.06 bits per heavy atom. The molecule has 4 nitrogen and oxygen atoms in total. The van der Waals surface area contributed by atoms with Gasteiger partial charge >= 0.3 is 0 Å². The van der Waals surface area contributed by atoms with E-state index in [9.17, 15) is 4.79 Å². The molecule has 18 heavy (non-hydrogen) atoms. The Morgan fingerprint density at radius 1 is 1.39 bits per heavy atom. The molecule has 1 aromatic rings. The van der Waals surface area contributed by atoms with Crippen molar-refractivity contribution in [1.82, 2.24) is 5.32 Å². The fourth-order valence-corrected chi connectivity index (χ4v) is 1.49. The summed E-state index contributed by atoms with van der Waals surface area (Å²) in [5.74, 6) is -0.00317. The maximum Gasteiger partial charge on any atom is 0.216 e. The van der Waals surface area contributed by atoms with Crippen molar-refractivity contribution in [3.05, 3.63) is 35.9 Å². The summed E-state index contributed by atoms with van der Waals surface area (Å²) in [6.07, 6.45) is 4.84. The second-order valence-corrected chi connectivity index (χ2v) is 4.23. The van der Waals surface area contributed by atoms with Gasteiger partial charge in [0.2, 0.25) is 5.91 Å². The average molecular weight is 263 g/mol. The van der Waals surface area contributed by atoms with Gasteiger partial charge in [-0.25, -0.2) is 0 Å². The van der Waals surface area contributed by atoms with Crippen LogP contribution in [0.4, 0.5) is 5.69 Å². The lowest BCUT2D eigenvalue weighted by molar-refractivity contribution is -0.118. The number of thiocarbonyl (C=S) groups is 1. The van der Waals surface area contributed by atoms with Gasteiger partial charge in [0, 0.05) is 19.2 Å². The predicted octanol–water partition coefficient (Wildman–Crippen LogP) is 1.88. The zero-order chi connectivity index (χ0) is 13.4. The lowest BCUT2D eigenvalue weighted by Crippen LogP contribution is -2.20. The van der Waals surface area contributed by atoms with Crippen LogP contribution in [0.15, 0.2) is 30.3 Å². The summed E-state index contributed by atoms with van der Waals surface area (Å²) in [5.41, 5.74) is 7.33. The summed E-state index contributed by atoms with van der Waals surface area (Å²) in [7, 11) is 0. The van der Waals surface area contributed by atoms with Gasteiger partial charge < -0.3 is 16.4 Å². The van der Waals surface area contributed by atoms with E-state index < -0.39 is 0 Å².